The zero-order valence-electron chi connectivity index (χ0n) is 23.4. The molecular weight excluding hydrogens is 499 g/mol. The van der Waals surface area contributed by atoms with Crippen molar-refractivity contribution in [1.29, 1.82) is 0 Å². The summed E-state index contributed by atoms with van der Waals surface area (Å²) in [5.41, 5.74) is 2.05. The van der Waals surface area contributed by atoms with Crippen molar-refractivity contribution < 1.29 is 23.5 Å². The summed E-state index contributed by atoms with van der Waals surface area (Å²) < 4.78 is 24.6. The van der Waals surface area contributed by atoms with Gasteiger partial charge in [-0.15, -0.1) is 0 Å². The van der Waals surface area contributed by atoms with Crippen molar-refractivity contribution in [3.8, 4) is 5.75 Å². The molecule has 0 unspecified atom stereocenters. The Hall–Kier alpha value is -3.30. The maximum absolute atomic E-state index is 13.9. The number of hydrogen-bond donors (Lipinski definition) is 0. The molecule has 8 nitrogen and oxygen atoms in total. The summed E-state index contributed by atoms with van der Waals surface area (Å²) in [6.45, 7) is 10.1. The third kappa shape index (κ3) is 7.64. The lowest BCUT2D eigenvalue weighted by atomic mass is 9.91. The van der Waals surface area contributed by atoms with E-state index in [0.29, 0.717) is 50.6 Å². The van der Waals surface area contributed by atoms with E-state index in [0.717, 1.165) is 24.2 Å². The first kappa shape index (κ1) is 28.7. The van der Waals surface area contributed by atoms with Gasteiger partial charge in [-0.1, -0.05) is 51.1 Å². The fourth-order valence-corrected chi connectivity index (χ4v) is 4.92. The van der Waals surface area contributed by atoms with Crippen LogP contribution in [-0.4, -0.2) is 85.4 Å². The van der Waals surface area contributed by atoms with Gasteiger partial charge in [-0.05, 0) is 29.2 Å². The van der Waals surface area contributed by atoms with Gasteiger partial charge in [0.2, 0.25) is 5.91 Å². The molecule has 0 aliphatic carbocycles. The molecule has 0 bridgehead atoms. The number of ether oxygens (including phenoxy) is 2. The molecule has 210 valence electrons. The van der Waals surface area contributed by atoms with Gasteiger partial charge in [0.15, 0.2) is 0 Å². The Labute approximate surface area is 230 Å². The number of halogens is 1. The summed E-state index contributed by atoms with van der Waals surface area (Å²) in [7, 11) is 1.60. The minimum absolute atomic E-state index is 0.0557. The van der Waals surface area contributed by atoms with Crippen LogP contribution in [0.1, 0.15) is 50.8 Å². The van der Waals surface area contributed by atoms with Crippen molar-refractivity contribution in [1.82, 2.24) is 14.8 Å². The van der Waals surface area contributed by atoms with Crippen LogP contribution < -0.4 is 4.74 Å². The molecule has 1 saturated heterocycles. The highest BCUT2D eigenvalue weighted by Gasteiger charge is 2.36. The molecule has 4 rings (SSSR count). The Bertz CT molecular complexity index is 1170. The molecular formula is C30H39FN4O4. The average molecular weight is 539 g/mol. The number of nitrogens with zero attached hydrogens (tertiary/aromatic N) is 4. The lowest BCUT2D eigenvalue weighted by Gasteiger charge is -2.32. The second-order valence-electron chi connectivity index (χ2n) is 11.3. The zero-order valence-corrected chi connectivity index (χ0v) is 23.4. The van der Waals surface area contributed by atoms with Crippen LogP contribution in [0.5, 0.6) is 5.75 Å². The molecule has 9 heteroatoms. The molecule has 0 aromatic heterocycles. The lowest BCUT2D eigenvalue weighted by molar-refractivity contribution is -0.142. The van der Waals surface area contributed by atoms with Crippen LogP contribution in [-0.2, 0) is 14.3 Å². The summed E-state index contributed by atoms with van der Waals surface area (Å²) >= 11 is 0. The van der Waals surface area contributed by atoms with E-state index in [1.807, 2.05) is 45.0 Å². The summed E-state index contributed by atoms with van der Waals surface area (Å²) in [5, 5.41) is 6.19. The molecule has 0 N–H and O–H groups in total. The fourth-order valence-electron chi connectivity index (χ4n) is 4.92. The average Bonchev–Trinajstić information content (AvgIpc) is 3.36. The number of carbonyl (C=O) groups excluding carboxylic acids is 2. The van der Waals surface area contributed by atoms with Crippen molar-refractivity contribution in [3.63, 3.8) is 0 Å². The van der Waals surface area contributed by atoms with E-state index >= 15 is 0 Å². The monoisotopic (exact) mass is 538 g/mol. The van der Waals surface area contributed by atoms with Crippen LogP contribution in [0.25, 0.3) is 0 Å². The van der Waals surface area contributed by atoms with Gasteiger partial charge in [-0.3, -0.25) is 14.5 Å². The SMILES string of the molecule is COc1ccccc1[C@H]1CC(c2ccc(F)cc2)=NN1C(=O)CN(CCN1CCOCC1)C(=O)CC(C)(C)C. The predicted molar refractivity (Wildman–Crippen MR) is 148 cm³/mol. The zero-order chi connectivity index (χ0) is 28.0. The number of amides is 2. The molecule has 2 amide bonds. The van der Waals surface area contributed by atoms with E-state index in [9.17, 15) is 14.0 Å². The van der Waals surface area contributed by atoms with Crippen LogP contribution in [0.15, 0.2) is 53.6 Å². The second-order valence-corrected chi connectivity index (χ2v) is 11.3. The fraction of sp³-hybridized carbons (Fsp3) is 0.500. The van der Waals surface area contributed by atoms with Crippen LogP contribution in [0.3, 0.4) is 0 Å². The molecule has 39 heavy (non-hydrogen) atoms. The van der Waals surface area contributed by atoms with Gasteiger partial charge >= 0.3 is 0 Å². The quantitative estimate of drug-likeness (QED) is 0.481. The number of morpholine rings is 1. The van der Waals surface area contributed by atoms with Gasteiger partial charge in [0, 0.05) is 44.6 Å². The summed E-state index contributed by atoms with van der Waals surface area (Å²) in [4.78, 5) is 31.2. The molecule has 0 spiro atoms. The standard InChI is InChI=1S/C30H39FN4O4/c1-30(2,3)20-28(36)34(14-13-33-15-17-39-18-16-33)21-29(37)35-26(24-7-5-6-8-27(24)38-4)19-25(32-35)22-9-11-23(31)12-10-22/h5-12,26H,13-21H2,1-4H3/t26-/m1/s1. The van der Waals surface area contributed by atoms with E-state index in [1.54, 1.807) is 24.1 Å². The Morgan fingerprint density at radius 3 is 2.46 bits per heavy atom. The molecule has 2 aromatic carbocycles. The maximum Gasteiger partial charge on any atom is 0.262 e. The van der Waals surface area contributed by atoms with Crippen molar-refractivity contribution in [3.05, 3.63) is 65.5 Å². The first-order valence-electron chi connectivity index (χ1n) is 13.5. The number of hydrazone groups is 1. The first-order chi connectivity index (χ1) is 18.6. The van der Waals surface area contributed by atoms with Crippen molar-refractivity contribution in [2.75, 3.05) is 53.0 Å². The molecule has 2 heterocycles. The normalized spacial score (nSPS) is 18.1. The third-order valence-corrected chi connectivity index (χ3v) is 6.99. The smallest absolute Gasteiger partial charge is 0.262 e. The Morgan fingerprint density at radius 1 is 1.10 bits per heavy atom. The minimum Gasteiger partial charge on any atom is -0.496 e. The number of para-hydroxylation sites is 1. The largest absolute Gasteiger partial charge is 0.496 e. The number of methoxy groups -OCH3 is 1. The lowest BCUT2D eigenvalue weighted by Crippen LogP contribution is -2.47. The molecule has 1 fully saturated rings. The van der Waals surface area contributed by atoms with Crippen LogP contribution in [0, 0.1) is 11.2 Å². The molecule has 2 aliphatic rings. The third-order valence-electron chi connectivity index (χ3n) is 6.99. The van der Waals surface area contributed by atoms with E-state index in [2.05, 4.69) is 4.90 Å². The van der Waals surface area contributed by atoms with Crippen LogP contribution in [0.4, 0.5) is 4.39 Å². The van der Waals surface area contributed by atoms with E-state index in [1.165, 1.54) is 17.1 Å². The number of rotatable bonds is 9. The summed E-state index contributed by atoms with van der Waals surface area (Å²) in [6.07, 6.45) is 0.783. The van der Waals surface area contributed by atoms with E-state index < -0.39 is 6.04 Å². The van der Waals surface area contributed by atoms with E-state index in [-0.39, 0.29) is 29.6 Å². The molecule has 0 radical (unpaired) electrons. The molecule has 2 aromatic rings. The number of benzene rings is 2. The predicted octanol–water partition coefficient (Wildman–Crippen LogP) is 4.11. The maximum atomic E-state index is 13.9. The first-order valence-corrected chi connectivity index (χ1v) is 13.5. The van der Waals surface area contributed by atoms with Crippen molar-refractivity contribution in [2.24, 2.45) is 10.5 Å². The Balaban J connectivity index is 1.59. The van der Waals surface area contributed by atoms with Gasteiger partial charge in [-0.2, -0.15) is 5.10 Å². The highest BCUT2D eigenvalue weighted by Crippen LogP contribution is 2.37. The Morgan fingerprint density at radius 2 is 1.79 bits per heavy atom. The van der Waals surface area contributed by atoms with E-state index in [4.69, 9.17) is 14.6 Å². The van der Waals surface area contributed by atoms with Crippen LogP contribution >= 0.6 is 0 Å². The summed E-state index contributed by atoms with van der Waals surface area (Å²) in [6, 6.07) is 13.3. The van der Waals surface area contributed by atoms with Crippen molar-refractivity contribution >= 4 is 17.5 Å². The molecule has 1 atom stereocenters. The molecule has 2 aliphatic heterocycles. The highest BCUT2D eigenvalue weighted by atomic mass is 19.1. The number of hydrogen-bond acceptors (Lipinski definition) is 6. The van der Waals surface area contributed by atoms with Crippen LogP contribution in [0.2, 0.25) is 0 Å². The van der Waals surface area contributed by atoms with Gasteiger partial charge in [0.25, 0.3) is 5.91 Å². The highest BCUT2D eigenvalue weighted by molar-refractivity contribution is 6.03. The summed E-state index contributed by atoms with van der Waals surface area (Å²) in [5.74, 6) is -0.00388. The van der Waals surface area contributed by atoms with Gasteiger partial charge in [-0.25, -0.2) is 9.40 Å². The minimum atomic E-state index is -0.410. The van der Waals surface area contributed by atoms with Gasteiger partial charge in [0.1, 0.15) is 18.1 Å². The Kier molecular flexibility index (Phi) is 9.35. The number of carbonyl (C=O) groups is 2. The second kappa shape index (κ2) is 12.7. The van der Waals surface area contributed by atoms with Gasteiger partial charge in [0.05, 0.1) is 32.1 Å². The molecule has 0 saturated carbocycles. The topological polar surface area (TPSA) is 74.7 Å². The van der Waals surface area contributed by atoms with Crippen molar-refractivity contribution in [2.45, 2.75) is 39.7 Å². The van der Waals surface area contributed by atoms with Gasteiger partial charge < -0.3 is 14.4 Å².